The zero-order valence-electron chi connectivity index (χ0n) is 10.1. The average molecular weight is 290 g/mol. The van der Waals surface area contributed by atoms with Gasteiger partial charge in [-0.25, -0.2) is 17.8 Å². The van der Waals surface area contributed by atoms with E-state index in [4.69, 9.17) is 0 Å². The summed E-state index contributed by atoms with van der Waals surface area (Å²) in [6.45, 7) is 0. The van der Waals surface area contributed by atoms with E-state index in [0.29, 0.717) is 6.42 Å². The van der Waals surface area contributed by atoms with E-state index in [-0.39, 0.29) is 11.5 Å². The first-order chi connectivity index (χ1) is 8.82. The molecular formula is C11H12F2N2O3S. The van der Waals surface area contributed by atoms with Crippen LogP contribution in [0.15, 0.2) is 12.3 Å². The Bertz CT molecular complexity index is 618. The minimum atomic E-state index is -3.15. The Morgan fingerprint density at radius 3 is 2.74 bits per heavy atom. The third-order valence-electron chi connectivity index (χ3n) is 3.15. The predicted molar refractivity (Wildman–Crippen MR) is 63.3 cm³/mol. The van der Waals surface area contributed by atoms with Gasteiger partial charge in [0, 0.05) is 19.3 Å². The summed E-state index contributed by atoms with van der Waals surface area (Å²) in [5.41, 5.74) is -0.445. The first-order valence-electron chi connectivity index (χ1n) is 5.59. The Morgan fingerprint density at radius 1 is 1.47 bits per heavy atom. The van der Waals surface area contributed by atoms with E-state index in [2.05, 4.69) is 4.98 Å². The molecule has 1 atom stereocenters. The number of pyridine rings is 1. The van der Waals surface area contributed by atoms with Crippen molar-refractivity contribution >= 4 is 15.7 Å². The van der Waals surface area contributed by atoms with E-state index in [0.717, 1.165) is 17.2 Å². The van der Waals surface area contributed by atoms with Gasteiger partial charge in [0.2, 0.25) is 5.95 Å². The standard InChI is InChI=1S/C11H12F2N2O3S/c1-15(7-3-5-19(17,18)6-7)11(16)8-2-4-14-10(13)9(8)12/h2,4,7H,3,5-6H2,1H3. The van der Waals surface area contributed by atoms with Crippen LogP contribution >= 0.6 is 0 Å². The van der Waals surface area contributed by atoms with E-state index in [9.17, 15) is 22.0 Å². The molecule has 1 saturated heterocycles. The van der Waals surface area contributed by atoms with E-state index in [1.807, 2.05) is 0 Å². The summed E-state index contributed by atoms with van der Waals surface area (Å²) in [6, 6.07) is 0.564. The number of carbonyl (C=O) groups excluding carboxylic acids is 1. The number of hydrogen-bond donors (Lipinski definition) is 0. The summed E-state index contributed by atoms with van der Waals surface area (Å²) in [6.07, 6.45) is 1.30. The molecule has 0 bridgehead atoms. The van der Waals surface area contributed by atoms with Crippen molar-refractivity contribution in [1.29, 1.82) is 0 Å². The molecule has 1 aromatic heterocycles. The van der Waals surface area contributed by atoms with Gasteiger partial charge in [0.25, 0.3) is 5.91 Å². The molecule has 19 heavy (non-hydrogen) atoms. The summed E-state index contributed by atoms with van der Waals surface area (Å²) >= 11 is 0. The Labute approximate surface area is 109 Å². The number of rotatable bonds is 2. The first-order valence-corrected chi connectivity index (χ1v) is 7.41. The maximum absolute atomic E-state index is 13.4. The van der Waals surface area contributed by atoms with Crippen molar-refractivity contribution in [3.63, 3.8) is 0 Å². The molecule has 5 nitrogen and oxygen atoms in total. The lowest BCUT2D eigenvalue weighted by atomic mass is 10.1. The lowest BCUT2D eigenvalue weighted by Gasteiger charge is -2.23. The molecule has 0 N–H and O–H groups in total. The maximum atomic E-state index is 13.4. The summed E-state index contributed by atoms with van der Waals surface area (Å²) < 4.78 is 49.1. The highest BCUT2D eigenvalue weighted by Crippen LogP contribution is 2.19. The van der Waals surface area contributed by atoms with Crippen molar-refractivity contribution in [2.45, 2.75) is 12.5 Å². The molecule has 1 amide bonds. The van der Waals surface area contributed by atoms with Gasteiger partial charge in [0.05, 0.1) is 17.1 Å². The topological polar surface area (TPSA) is 67.3 Å². The van der Waals surface area contributed by atoms with E-state index in [1.54, 1.807) is 0 Å². The fraction of sp³-hybridized carbons (Fsp3) is 0.455. The van der Waals surface area contributed by atoms with E-state index >= 15 is 0 Å². The van der Waals surface area contributed by atoms with Crippen molar-refractivity contribution in [2.75, 3.05) is 18.6 Å². The maximum Gasteiger partial charge on any atom is 0.257 e. The average Bonchev–Trinajstić information content (AvgIpc) is 2.71. The van der Waals surface area contributed by atoms with E-state index < -0.39 is 39.1 Å². The number of aromatic nitrogens is 1. The summed E-state index contributed by atoms with van der Waals surface area (Å²) in [5.74, 6) is -3.56. The van der Waals surface area contributed by atoms with Crippen LogP contribution in [0.1, 0.15) is 16.8 Å². The number of amides is 1. The zero-order chi connectivity index (χ0) is 14.2. The molecule has 1 fully saturated rings. The predicted octanol–water partition coefficient (Wildman–Crippen LogP) is 0.619. The van der Waals surface area contributed by atoms with Gasteiger partial charge in [-0.3, -0.25) is 4.79 Å². The normalized spacial score (nSPS) is 21.3. The minimum absolute atomic E-state index is 0.00246. The number of hydrogen-bond acceptors (Lipinski definition) is 4. The fourth-order valence-corrected chi connectivity index (χ4v) is 3.79. The molecule has 1 aromatic rings. The first kappa shape index (κ1) is 13.9. The largest absolute Gasteiger partial charge is 0.338 e. The molecule has 0 aliphatic carbocycles. The van der Waals surface area contributed by atoms with Crippen LogP contribution in [0.3, 0.4) is 0 Å². The molecule has 2 rings (SSSR count). The highest BCUT2D eigenvalue weighted by molar-refractivity contribution is 7.91. The molecule has 1 unspecified atom stereocenters. The monoisotopic (exact) mass is 290 g/mol. The van der Waals surface area contributed by atoms with E-state index in [1.165, 1.54) is 7.05 Å². The molecule has 0 saturated carbocycles. The van der Waals surface area contributed by atoms with Gasteiger partial charge in [-0.05, 0) is 12.5 Å². The van der Waals surface area contributed by atoms with Crippen LogP contribution in [0.25, 0.3) is 0 Å². The fourth-order valence-electron chi connectivity index (χ4n) is 2.02. The molecular weight excluding hydrogens is 278 g/mol. The third kappa shape index (κ3) is 2.73. The van der Waals surface area contributed by atoms with Crippen LogP contribution in [-0.2, 0) is 9.84 Å². The molecule has 0 aromatic carbocycles. The molecule has 2 heterocycles. The van der Waals surface area contributed by atoms with Gasteiger partial charge in [-0.1, -0.05) is 0 Å². The summed E-state index contributed by atoms with van der Waals surface area (Å²) in [7, 11) is -1.77. The van der Waals surface area contributed by atoms with Gasteiger partial charge in [0.1, 0.15) is 0 Å². The van der Waals surface area contributed by atoms with Crippen molar-refractivity contribution in [3.8, 4) is 0 Å². The second-order valence-electron chi connectivity index (χ2n) is 4.44. The van der Waals surface area contributed by atoms with Gasteiger partial charge in [-0.15, -0.1) is 0 Å². The van der Waals surface area contributed by atoms with Gasteiger partial charge in [-0.2, -0.15) is 4.39 Å². The van der Waals surface area contributed by atoms with Crippen molar-refractivity contribution < 1.29 is 22.0 Å². The molecule has 0 spiro atoms. The smallest absolute Gasteiger partial charge is 0.257 e. The zero-order valence-corrected chi connectivity index (χ0v) is 11.0. The Hall–Kier alpha value is -1.57. The lowest BCUT2D eigenvalue weighted by Crippen LogP contribution is -2.38. The number of nitrogens with zero attached hydrogens (tertiary/aromatic N) is 2. The Kier molecular flexibility index (Phi) is 3.53. The third-order valence-corrected chi connectivity index (χ3v) is 4.90. The van der Waals surface area contributed by atoms with Gasteiger partial charge < -0.3 is 4.90 Å². The van der Waals surface area contributed by atoms with Crippen molar-refractivity contribution in [2.24, 2.45) is 0 Å². The second kappa shape index (κ2) is 4.84. The summed E-state index contributed by atoms with van der Waals surface area (Å²) in [5, 5.41) is 0. The second-order valence-corrected chi connectivity index (χ2v) is 6.66. The number of carbonyl (C=O) groups is 1. The highest BCUT2D eigenvalue weighted by atomic mass is 32.2. The van der Waals surface area contributed by atoms with Crippen LogP contribution < -0.4 is 0 Å². The van der Waals surface area contributed by atoms with Crippen LogP contribution in [0.5, 0.6) is 0 Å². The Morgan fingerprint density at radius 2 is 2.16 bits per heavy atom. The number of sulfone groups is 1. The van der Waals surface area contributed by atoms with Crippen LogP contribution in [0.2, 0.25) is 0 Å². The SMILES string of the molecule is CN(C(=O)c1ccnc(F)c1F)C1CCS(=O)(=O)C1. The molecule has 104 valence electrons. The van der Waals surface area contributed by atoms with Gasteiger partial charge in [0.15, 0.2) is 15.7 Å². The highest BCUT2D eigenvalue weighted by Gasteiger charge is 2.34. The summed E-state index contributed by atoms with van der Waals surface area (Å²) in [4.78, 5) is 16.2. The lowest BCUT2D eigenvalue weighted by molar-refractivity contribution is 0.0741. The van der Waals surface area contributed by atoms with Crippen LogP contribution in [0, 0.1) is 11.8 Å². The van der Waals surface area contributed by atoms with Crippen molar-refractivity contribution in [1.82, 2.24) is 9.88 Å². The number of halogens is 2. The van der Waals surface area contributed by atoms with Gasteiger partial charge >= 0.3 is 0 Å². The van der Waals surface area contributed by atoms with Crippen LogP contribution in [-0.4, -0.2) is 48.8 Å². The van der Waals surface area contributed by atoms with Crippen LogP contribution in [0.4, 0.5) is 8.78 Å². The molecule has 8 heteroatoms. The molecule has 1 aliphatic heterocycles. The van der Waals surface area contributed by atoms with Crippen molar-refractivity contribution in [3.05, 3.63) is 29.6 Å². The molecule has 0 radical (unpaired) electrons. The molecule has 1 aliphatic rings. The Balaban J connectivity index is 2.23. The minimum Gasteiger partial charge on any atom is -0.338 e. The quantitative estimate of drug-likeness (QED) is 0.749.